The first kappa shape index (κ1) is 27.0. The van der Waals surface area contributed by atoms with Crippen LogP contribution >= 0.6 is 0 Å². The minimum Gasteiger partial charge on any atom is -0.300 e. The standard InChI is InChI=1S/C32H60N2/c1-7-32(3,4)27-14-22-31(23-15-27)34(6)30-20-12-26(13-21-30)25-10-18-29(19-11-25)33(5)28-16-8-24(2)9-17-28/h24-31H,7-23H2,1-6H3. The van der Waals surface area contributed by atoms with E-state index in [0.717, 1.165) is 47.8 Å². The summed E-state index contributed by atoms with van der Waals surface area (Å²) in [4.78, 5) is 5.67. The lowest BCUT2D eigenvalue weighted by molar-refractivity contribution is 0.0428. The fraction of sp³-hybridized carbons (Fsp3) is 1.00. The molecule has 0 N–H and O–H groups in total. The van der Waals surface area contributed by atoms with Gasteiger partial charge in [0.1, 0.15) is 0 Å². The fourth-order valence-electron chi connectivity index (χ4n) is 8.76. The molecule has 0 unspecified atom stereocenters. The van der Waals surface area contributed by atoms with E-state index in [0.29, 0.717) is 5.41 Å². The predicted molar refractivity (Wildman–Crippen MR) is 148 cm³/mol. The number of hydrogen-bond acceptors (Lipinski definition) is 2. The largest absolute Gasteiger partial charge is 0.300 e. The highest BCUT2D eigenvalue weighted by Gasteiger charge is 2.37. The van der Waals surface area contributed by atoms with E-state index in [9.17, 15) is 0 Å². The Morgan fingerprint density at radius 2 is 0.853 bits per heavy atom. The zero-order chi connectivity index (χ0) is 24.3. The first-order chi connectivity index (χ1) is 16.3. The Labute approximate surface area is 214 Å². The molecule has 0 spiro atoms. The minimum atomic E-state index is 0.546. The van der Waals surface area contributed by atoms with Crippen LogP contribution in [0.2, 0.25) is 0 Å². The third-order valence-electron chi connectivity index (χ3n) is 12.2. The van der Waals surface area contributed by atoms with Crippen LogP contribution in [0.5, 0.6) is 0 Å². The lowest BCUT2D eigenvalue weighted by Gasteiger charge is -2.46. The summed E-state index contributed by atoms with van der Waals surface area (Å²) in [6.07, 6.45) is 24.9. The van der Waals surface area contributed by atoms with Crippen LogP contribution < -0.4 is 0 Å². The van der Waals surface area contributed by atoms with Crippen molar-refractivity contribution in [2.75, 3.05) is 14.1 Å². The molecule has 4 saturated carbocycles. The molecule has 0 aromatic carbocycles. The van der Waals surface area contributed by atoms with Gasteiger partial charge in [-0.25, -0.2) is 0 Å². The molecule has 198 valence electrons. The molecular formula is C32H60N2. The van der Waals surface area contributed by atoms with E-state index in [4.69, 9.17) is 0 Å². The maximum absolute atomic E-state index is 2.85. The van der Waals surface area contributed by atoms with Crippen molar-refractivity contribution < 1.29 is 0 Å². The Morgan fingerprint density at radius 1 is 0.529 bits per heavy atom. The average molecular weight is 473 g/mol. The van der Waals surface area contributed by atoms with Crippen LogP contribution in [0.25, 0.3) is 0 Å². The summed E-state index contributed by atoms with van der Waals surface area (Å²) in [6.45, 7) is 9.85. The van der Waals surface area contributed by atoms with Gasteiger partial charge in [0.15, 0.2) is 0 Å². The van der Waals surface area contributed by atoms with Gasteiger partial charge in [0.2, 0.25) is 0 Å². The molecule has 0 aliphatic heterocycles. The van der Waals surface area contributed by atoms with Crippen molar-refractivity contribution in [1.82, 2.24) is 9.80 Å². The van der Waals surface area contributed by atoms with Crippen LogP contribution in [0.3, 0.4) is 0 Å². The summed E-state index contributed by atoms with van der Waals surface area (Å²) in [6, 6.07) is 3.49. The molecule has 2 nitrogen and oxygen atoms in total. The highest BCUT2D eigenvalue weighted by Crippen LogP contribution is 2.44. The van der Waals surface area contributed by atoms with Gasteiger partial charge in [-0.15, -0.1) is 0 Å². The molecule has 4 rings (SSSR count). The first-order valence-corrected chi connectivity index (χ1v) is 15.7. The Morgan fingerprint density at radius 3 is 1.21 bits per heavy atom. The highest BCUT2D eigenvalue weighted by molar-refractivity contribution is 4.91. The smallest absolute Gasteiger partial charge is 0.00953 e. The topological polar surface area (TPSA) is 6.48 Å². The van der Waals surface area contributed by atoms with Crippen molar-refractivity contribution in [3.8, 4) is 0 Å². The molecule has 0 bridgehead atoms. The molecule has 34 heavy (non-hydrogen) atoms. The van der Waals surface area contributed by atoms with Gasteiger partial charge in [-0.3, -0.25) is 0 Å². The second-order valence-electron chi connectivity index (χ2n) is 14.2. The van der Waals surface area contributed by atoms with E-state index >= 15 is 0 Å². The van der Waals surface area contributed by atoms with Crippen molar-refractivity contribution in [2.45, 2.75) is 161 Å². The SMILES string of the molecule is CCC(C)(C)C1CCC(N(C)C2CCC(C3CCC(N(C)C4CCC(C)CC4)CC3)CC2)CC1. The van der Waals surface area contributed by atoms with Gasteiger partial charge in [-0.1, -0.05) is 34.1 Å². The summed E-state index contributed by atoms with van der Waals surface area (Å²) in [5.74, 6) is 3.99. The summed E-state index contributed by atoms with van der Waals surface area (Å²) >= 11 is 0. The van der Waals surface area contributed by atoms with Crippen LogP contribution in [0.15, 0.2) is 0 Å². The average Bonchev–Trinajstić information content (AvgIpc) is 2.88. The second kappa shape index (κ2) is 12.0. The van der Waals surface area contributed by atoms with E-state index in [1.54, 1.807) is 0 Å². The maximum Gasteiger partial charge on any atom is 0.00953 e. The van der Waals surface area contributed by atoms with Gasteiger partial charge in [0.05, 0.1) is 0 Å². The van der Waals surface area contributed by atoms with Crippen molar-refractivity contribution in [3.63, 3.8) is 0 Å². The van der Waals surface area contributed by atoms with Gasteiger partial charge in [-0.05, 0) is 146 Å². The molecule has 0 aromatic rings. The molecule has 0 radical (unpaired) electrons. The third kappa shape index (κ3) is 6.42. The van der Waals surface area contributed by atoms with Gasteiger partial charge < -0.3 is 9.80 Å². The predicted octanol–water partition coefficient (Wildman–Crippen LogP) is 8.54. The van der Waals surface area contributed by atoms with Gasteiger partial charge in [0.25, 0.3) is 0 Å². The summed E-state index contributed by atoms with van der Waals surface area (Å²) in [5, 5.41) is 0. The van der Waals surface area contributed by atoms with Crippen molar-refractivity contribution in [3.05, 3.63) is 0 Å². The summed E-state index contributed by atoms with van der Waals surface area (Å²) in [7, 11) is 4.94. The second-order valence-corrected chi connectivity index (χ2v) is 14.2. The molecule has 0 heterocycles. The normalized spacial score (nSPS) is 40.6. The number of nitrogens with zero attached hydrogens (tertiary/aromatic N) is 2. The van der Waals surface area contributed by atoms with Crippen molar-refractivity contribution >= 4 is 0 Å². The van der Waals surface area contributed by atoms with Crippen LogP contribution in [-0.2, 0) is 0 Å². The van der Waals surface area contributed by atoms with Crippen LogP contribution in [0.1, 0.15) is 137 Å². The van der Waals surface area contributed by atoms with Crippen LogP contribution in [0, 0.1) is 29.1 Å². The zero-order valence-corrected chi connectivity index (χ0v) is 24.0. The van der Waals surface area contributed by atoms with Gasteiger partial charge in [0, 0.05) is 24.2 Å². The molecule has 0 atom stereocenters. The van der Waals surface area contributed by atoms with Gasteiger partial charge >= 0.3 is 0 Å². The Balaban J connectivity index is 1.16. The molecule has 0 aromatic heterocycles. The monoisotopic (exact) mass is 472 g/mol. The van der Waals surface area contributed by atoms with Crippen molar-refractivity contribution in [1.29, 1.82) is 0 Å². The van der Waals surface area contributed by atoms with E-state index in [-0.39, 0.29) is 0 Å². The van der Waals surface area contributed by atoms with Crippen LogP contribution in [-0.4, -0.2) is 48.1 Å². The first-order valence-electron chi connectivity index (χ1n) is 15.7. The number of hydrogen-bond donors (Lipinski definition) is 0. The molecule has 4 aliphatic carbocycles. The molecule has 4 aliphatic rings. The molecule has 2 heteroatoms. The fourth-order valence-corrected chi connectivity index (χ4v) is 8.76. The van der Waals surface area contributed by atoms with Gasteiger partial charge in [-0.2, -0.15) is 0 Å². The summed E-state index contributed by atoms with van der Waals surface area (Å²) < 4.78 is 0. The van der Waals surface area contributed by atoms with Crippen LogP contribution in [0.4, 0.5) is 0 Å². The van der Waals surface area contributed by atoms with Crippen molar-refractivity contribution in [2.24, 2.45) is 29.1 Å². The Kier molecular flexibility index (Phi) is 9.50. The maximum atomic E-state index is 2.85. The highest BCUT2D eigenvalue weighted by atomic mass is 15.2. The third-order valence-corrected chi connectivity index (χ3v) is 12.2. The minimum absolute atomic E-state index is 0.546. The lowest BCUT2D eigenvalue weighted by atomic mass is 9.68. The Bertz CT molecular complexity index is 582. The molecule has 4 fully saturated rings. The zero-order valence-electron chi connectivity index (χ0n) is 24.0. The van der Waals surface area contributed by atoms with E-state index in [1.165, 1.54) is 109 Å². The molecule has 0 saturated heterocycles. The Hall–Kier alpha value is -0.0800. The summed E-state index contributed by atoms with van der Waals surface area (Å²) in [5.41, 5.74) is 0.546. The number of rotatable bonds is 7. The van der Waals surface area contributed by atoms with E-state index in [2.05, 4.69) is 51.6 Å². The molecule has 0 amide bonds. The quantitative estimate of drug-likeness (QED) is 0.366. The van der Waals surface area contributed by atoms with E-state index in [1.807, 2.05) is 0 Å². The lowest BCUT2D eigenvalue weighted by Crippen LogP contribution is -2.46. The molecular weight excluding hydrogens is 412 g/mol. The van der Waals surface area contributed by atoms with E-state index < -0.39 is 0 Å².